The molecule has 5 nitrogen and oxygen atoms in total. The van der Waals surface area contributed by atoms with Crippen molar-refractivity contribution < 1.29 is 9.72 Å². The van der Waals surface area contributed by atoms with Crippen LogP contribution in [0, 0.1) is 16.0 Å². The van der Waals surface area contributed by atoms with Crippen molar-refractivity contribution in [1.29, 1.82) is 0 Å². The van der Waals surface area contributed by atoms with E-state index in [0.717, 1.165) is 0 Å². The van der Waals surface area contributed by atoms with Gasteiger partial charge in [0.2, 0.25) is 0 Å². The molecule has 20 heavy (non-hydrogen) atoms. The molecule has 0 N–H and O–H groups in total. The monoisotopic (exact) mass is 298 g/mol. The van der Waals surface area contributed by atoms with Gasteiger partial charge in [-0.2, -0.15) is 0 Å². The molecular weight excluding hydrogens is 280 g/mol. The van der Waals surface area contributed by atoms with E-state index in [1.165, 1.54) is 18.2 Å². The maximum absolute atomic E-state index is 12.5. The van der Waals surface area contributed by atoms with Crippen LogP contribution in [0.5, 0.6) is 0 Å². The quantitative estimate of drug-likeness (QED) is 0.614. The van der Waals surface area contributed by atoms with Gasteiger partial charge < -0.3 is 4.90 Å². The van der Waals surface area contributed by atoms with Gasteiger partial charge in [0.05, 0.1) is 10.5 Å². The number of halogens is 1. The number of nitrogens with zero attached hydrogens (tertiary/aromatic N) is 2. The maximum atomic E-state index is 12.5. The summed E-state index contributed by atoms with van der Waals surface area (Å²) in [5.74, 6) is 0.0289. The molecule has 0 radical (unpaired) electrons. The zero-order valence-corrected chi connectivity index (χ0v) is 12.8. The minimum absolute atomic E-state index is 0.000212. The van der Waals surface area contributed by atoms with Gasteiger partial charge in [0, 0.05) is 18.7 Å². The van der Waals surface area contributed by atoms with Crippen LogP contribution in [0.15, 0.2) is 18.2 Å². The van der Waals surface area contributed by atoms with Gasteiger partial charge in [-0.05, 0) is 25.8 Å². The number of nitro benzene ring substituents is 1. The van der Waals surface area contributed by atoms with E-state index in [9.17, 15) is 14.9 Å². The number of hydrogen-bond acceptors (Lipinski definition) is 3. The van der Waals surface area contributed by atoms with E-state index in [-0.39, 0.29) is 28.2 Å². The van der Waals surface area contributed by atoms with E-state index < -0.39 is 4.92 Å². The molecule has 0 bridgehead atoms. The van der Waals surface area contributed by atoms with E-state index in [4.69, 9.17) is 11.6 Å². The first kappa shape index (κ1) is 16.4. The van der Waals surface area contributed by atoms with Gasteiger partial charge in [0.15, 0.2) is 0 Å². The average molecular weight is 299 g/mol. The third-order valence-corrected chi connectivity index (χ3v) is 3.25. The average Bonchev–Trinajstić information content (AvgIpc) is 2.34. The van der Waals surface area contributed by atoms with Crippen LogP contribution < -0.4 is 0 Å². The Bertz CT molecular complexity index is 515. The Labute approximate surface area is 123 Å². The lowest BCUT2D eigenvalue weighted by Crippen LogP contribution is -2.39. The normalized spacial score (nSPS) is 10.9. The molecule has 1 aromatic rings. The van der Waals surface area contributed by atoms with Crippen LogP contribution in [0.3, 0.4) is 0 Å². The number of benzene rings is 1. The molecule has 110 valence electrons. The summed E-state index contributed by atoms with van der Waals surface area (Å²) in [7, 11) is 0. The fraction of sp³-hybridized carbons (Fsp3) is 0.500. The Balaban J connectivity index is 3.19. The predicted octanol–water partition coefficient (Wildman–Crippen LogP) is 3.75. The standard InChI is InChI=1S/C14H19ClN2O3/c1-9(2)8-16(10(3)4)14(18)11-6-5-7-12(13(11)15)17(19)20/h5-7,9-10H,8H2,1-4H3. The van der Waals surface area contributed by atoms with Crippen molar-refractivity contribution in [1.82, 2.24) is 4.90 Å². The van der Waals surface area contributed by atoms with Gasteiger partial charge in [-0.15, -0.1) is 0 Å². The SMILES string of the molecule is CC(C)CN(C(=O)c1cccc([N+](=O)[O-])c1Cl)C(C)C. The number of amides is 1. The highest BCUT2D eigenvalue weighted by atomic mass is 35.5. The number of carbonyl (C=O) groups excluding carboxylic acids is 1. The van der Waals surface area contributed by atoms with Crippen molar-refractivity contribution in [2.24, 2.45) is 5.92 Å². The van der Waals surface area contributed by atoms with Crippen LogP contribution in [0.1, 0.15) is 38.1 Å². The van der Waals surface area contributed by atoms with Gasteiger partial charge in [-0.1, -0.05) is 31.5 Å². The number of nitro groups is 1. The predicted molar refractivity (Wildman–Crippen MR) is 79.1 cm³/mol. The summed E-state index contributed by atoms with van der Waals surface area (Å²) >= 11 is 5.99. The van der Waals surface area contributed by atoms with Crippen molar-refractivity contribution in [3.63, 3.8) is 0 Å². The van der Waals surface area contributed by atoms with Crippen molar-refractivity contribution >= 4 is 23.2 Å². The lowest BCUT2D eigenvalue weighted by molar-refractivity contribution is -0.384. The highest BCUT2D eigenvalue weighted by Crippen LogP contribution is 2.29. The number of carbonyl (C=O) groups is 1. The Morgan fingerprint density at radius 3 is 2.40 bits per heavy atom. The molecule has 1 aromatic carbocycles. The van der Waals surface area contributed by atoms with Crippen molar-refractivity contribution in [2.45, 2.75) is 33.7 Å². The van der Waals surface area contributed by atoms with Crippen molar-refractivity contribution in [2.75, 3.05) is 6.54 Å². The molecule has 0 aliphatic carbocycles. The summed E-state index contributed by atoms with van der Waals surface area (Å²) in [6, 6.07) is 4.29. The molecule has 1 amide bonds. The van der Waals surface area contributed by atoms with E-state index in [0.29, 0.717) is 12.5 Å². The molecule has 0 fully saturated rings. The minimum Gasteiger partial charge on any atom is -0.336 e. The van der Waals surface area contributed by atoms with E-state index >= 15 is 0 Å². The first-order valence-electron chi connectivity index (χ1n) is 6.49. The van der Waals surface area contributed by atoms with Gasteiger partial charge in [-0.3, -0.25) is 14.9 Å². The van der Waals surface area contributed by atoms with Crippen LogP contribution in [0.25, 0.3) is 0 Å². The van der Waals surface area contributed by atoms with Crippen LogP contribution in [0.2, 0.25) is 5.02 Å². The third-order valence-electron chi connectivity index (χ3n) is 2.85. The molecular formula is C14H19ClN2O3. The molecule has 0 saturated carbocycles. The van der Waals surface area contributed by atoms with E-state index in [1.807, 2.05) is 27.7 Å². The van der Waals surface area contributed by atoms with E-state index in [2.05, 4.69) is 0 Å². The molecule has 0 aliphatic heterocycles. The summed E-state index contributed by atoms with van der Waals surface area (Å²) in [4.78, 5) is 24.5. The molecule has 6 heteroatoms. The lowest BCUT2D eigenvalue weighted by Gasteiger charge is -2.28. The number of hydrogen-bond donors (Lipinski definition) is 0. The second kappa shape index (κ2) is 6.70. The highest BCUT2D eigenvalue weighted by Gasteiger charge is 2.25. The molecule has 1 rings (SSSR count). The minimum atomic E-state index is -0.582. The van der Waals surface area contributed by atoms with Gasteiger partial charge >= 0.3 is 0 Å². The highest BCUT2D eigenvalue weighted by molar-refractivity contribution is 6.35. The van der Waals surface area contributed by atoms with Crippen LogP contribution in [-0.4, -0.2) is 28.3 Å². The second-order valence-electron chi connectivity index (χ2n) is 5.34. The molecule has 0 spiro atoms. The molecule has 0 aromatic heterocycles. The largest absolute Gasteiger partial charge is 0.336 e. The lowest BCUT2D eigenvalue weighted by atomic mass is 10.1. The summed E-state index contributed by atoms with van der Waals surface area (Å²) in [5, 5.41) is 10.8. The fourth-order valence-electron chi connectivity index (χ4n) is 1.90. The molecule has 0 saturated heterocycles. The summed E-state index contributed by atoms with van der Waals surface area (Å²) < 4.78 is 0. The van der Waals surface area contributed by atoms with Crippen LogP contribution in [0.4, 0.5) is 5.69 Å². The molecule has 0 unspecified atom stereocenters. The van der Waals surface area contributed by atoms with Gasteiger partial charge in [0.25, 0.3) is 11.6 Å². The first-order chi connectivity index (χ1) is 9.25. The fourth-order valence-corrected chi connectivity index (χ4v) is 2.18. The first-order valence-corrected chi connectivity index (χ1v) is 6.87. The topological polar surface area (TPSA) is 63.5 Å². The van der Waals surface area contributed by atoms with Crippen molar-refractivity contribution in [3.05, 3.63) is 38.9 Å². The van der Waals surface area contributed by atoms with Gasteiger partial charge in [0.1, 0.15) is 5.02 Å². The zero-order chi connectivity index (χ0) is 15.4. The maximum Gasteiger partial charge on any atom is 0.288 e. The second-order valence-corrected chi connectivity index (χ2v) is 5.72. The third kappa shape index (κ3) is 3.70. The van der Waals surface area contributed by atoms with E-state index in [1.54, 1.807) is 4.90 Å². The van der Waals surface area contributed by atoms with Crippen molar-refractivity contribution in [3.8, 4) is 0 Å². The van der Waals surface area contributed by atoms with Crippen LogP contribution >= 0.6 is 11.6 Å². The zero-order valence-electron chi connectivity index (χ0n) is 12.1. The van der Waals surface area contributed by atoms with Crippen LogP contribution in [-0.2, 0) is 0 Å². The Hall–Kier alpha value is -1.62. The molecule has 0 aliphatic rings. The summed E-state index contributed by atoms with van der Waals surface area (Å²) in [6.07, 6.45) is 0. The Kier molecular flexibility index (Phi) is 5.51. The number of rotatable bonds is 5. The smallest absolute Gasteiger partial charge is 0.288 e. The molecule has 0 heterocycles. The summed E-state index contributed by atoms with van der Waals surface area (Å²) in [5.41, 5.74) is -0.0685. The summed E-state index contributed by atoms with van der Waals surface area (Å²) in [6.45, 7) is 8.42. The Morgan fingerprint density at radius 1 is 1.35 bits per heavy atom. The Morgan fingerprint density at radius 2 is 1.95 bits per heavy atom. The van der Waals surface area contributed by atoms with Gasteiger partial charge in [-0.25, -0.2) is 0 Å². The molecule has 0 atom stereocenters.